The van der Waals surface area contributed by atoms with Gasteiger partial charge in [0.25, 0.3) is 0 Å². The van der Waals surface area contributed by atoms with Crippen LogP contribution in [0.1, 0.15) is 39.7 Å². The van der Waals surface area contributed by atoms with Crippen LogP contribution in [0.15, 0.2) is 23.3 Å². The molecule has 1 heterocycles. The minimum atomic E-state index is 0.315. The van der Waals surface area contributed by atoms with E-state index in [-0.39, 0.29) is 0 Å². The molecule has 1 rings (SSSR count). The van der Waals surface area contributed by atoms with Gasteiger partial charge in [-0.1, -0.05) is 38.4 Å². The van der Waals surface area contributed by atoms with Crippen LogP contribution in [0.25, 0.3) is 0 Å². The molecule has 0 spiro atoms. The lowest BCUT2D eigenvalue weighted by Gasteiger charge is -2.17. The quantitative estimate of drug-likeness (QED) is 0.482. The summed E-state index contributed by atoms with van der Waals surface area (Å²) in [4.78, 5) is 8.68. The normalized spacial score (nSPS) is 12.3. The van der Waals surface area contributed by atoms with Crippen LogP contribution in [-0.2, 0) is 6.42 Å². The number of halogens is 1. The highest BCUT2D eigenvalue weighted by molar-refractivity contribution is 6.29. The van der Waals surface area contributed by atoms with Crippen LogP contribution in [0, 0.1) is 5.41 Å². The van der Waals surface area contributed by atoms with Crippen molar-refractivity contribution in [3.8, 4) is 0 Å². The second-order valence-corrected chi connectivity index (χ2v) is 6.62. The zero-order valence-corrected chi connectivity index (χ0v) is 14.3. The lowest BCUT2D eigenvalue weighted by atomic mass is 9.93. The molecule has 4 nitrogen and oxygen atoms in total. The lowest BCUT2D eigenvalue weighted by Crippen LogP contribution is -2.38. The molecule has 0 unspecified atom stereocenters. The minimum Gasteiger partial charge on any atom is -0.357 e. The third-order valence-electron chi connectivity index (χ3n) is 2.97. The topological polar surface area (TPSA) is 49.3 Å². The number of aromatic nitrogens is 1. The van der Waals surface area contributed by atoms with Crippen molar-refractivity contribution in [3.63, 3.8) is 0 Å². The molecule has 5 heteroatoms. The number of pyridine rings is 1. The predicted octanol–water partition coefficient (Wildman–Crippen LogP) is 3.27. The van der Waals surface area contributed by atoms with Gasteiger partial charge >= 0.3 is 0 Å². The van der Waals surface area contributed by atoms with E-state index in [9.17, 15) is 0 Å². The van der Waals surface area contributed by atoms with Gasteiger partial charge in [0, 0.05) is 25.8 Å². The van der Waals surface area contributed by atoms with Crippen LogP contribution in [0.2, 0.25) is 5.15 Å². The van der Waals surface area contributed by atoms with Crippen molar-refractivity contribution < 1.29 is 0 Å². The standard InChI is InChI=1S/C16H27ClN4/c1-5-18-15(20-11-9-16(2,3)4)19-10-8-13-6-7-14(17)21-12-13/h6-7,12H,5,8-11H2,1-4H3,(H2,18,19,20). The number of rotatable bonds is 6. The van der Waals surface area contributed by atoms with Gasteiger partial charge in [0.1, 0.15) is 5.15 Å². The second-order valence-electron chi connectivity index (χ2n) is 6.24. The Morgan fingerprint density at radius 1 is 1.29 bits per heavy atom. The number of hydrogen-bond acceptors (Lipinski definition) is 2. The van der Waals surface area contributed by atoms with Crippen LogP contribution < -0.4 is 10.6 Å². The Balaban J connectivity index is 2.39. The Bertz CT molecular complexity index is 435. The Kier molecular flexibility index (Phi) is 7.51. The first-order valence-corrected chi connectivity index (χ1v) is 7.91. The largest absolute Gasteiger partial charge is 0.357 e. The maximum atomic E-state index is 5.78. The molecule has 0 atom stereocenters. The molecule has 0 fully saturated rings. The van der Waals surface area contributed by atoms with Crippen LogP contribution in [0.5, 0.6) is 0 Å². The third kappa shape index (κ3) is 8.56. The van der Waals surface area contributed by atoms with Crippen molar-refractivity contribution in [2.45, 2.75) is 40.5 Å². The fourth-order valence-electron chi connectivity index (χ4n) is 1.72. The highest BCUT2D eigenvalue weighted by Gasteiger charge is 2.09. The lowest BCUT2D eigenvalue weighted by molar-refractivity contribution is 0.385. The van der Waals surface area contributed by atoms with E-state index >= 15 is 0 Å². The average molecular weight is 311 g/mol. The van der Waals surface area contributed by atoms with Gasteiger partial charge < -0.3 is 10.6 Å². The van der Waals surface area contributed by atoms with Crippen molar-refractivity contribution >= 4 is 17.6 Å². The van der Waals surface area contributed by atoms with Crippen molar-refractivity contribution in [1.29, 1.82) is 0 Å². The molecule has 0 radical (unpaired) electrons. The molecule has 0 amide bonds. The van der Waals surface area contributed by atoms with Crippen LogP contribution in [0.3, 0.4) is 0 Å². The van der Waals surface area contributed by atoms with Gasteiger partial charge in [-0.25, -0.2) is 4.98 Å². The van der Waals surface area contributed by atoms with Gasteiger partial charge in [0.15, 0.2) is 5.96 Å². The number of guanidine groups is 1. The predicted molar refractivity (Wildman–Crippen MR) is 91.0 cm³/mol. The minimum absolute atomic E-state index is 0.315. The number of nitrogens with one attached hydrogen (secondary N) is 2. The molecule has 118 valence electrons. The SMILES string of the molecule is CCNC(=NCCC(C)(C)C)NCCc1ccc(Cl)nc1. The van der Waals surface area contributed by atoms with E-state index in [0.717, 1.165) is 44.0 Å². The van der Waals surface area contributed by atoms with Gasteiger partial charge in [-0.15, -0.1) is 0 Å². The zero-order valence-electron chi connectivity index (χ0n) is 13.5. The van der Waals surface area contributed by atoms with Gasteiger partial charge in [-0.05, 0) is 36.8 Å². The van der Waals surface area contributed by atoms with E-state index in [2.05, 4.69) is 48.3 Å². The van der Waals surface area contributed by atoms with E-state index in [1.165, 1.54) is 0 Å². The van der Waals surface area contributed by atoms with Gasteiger partial charge in [0.05, 0.1) is 0 Å². The molecule has 0 aliphatic carbocycles. The molecule has 0 saturated heterocycles. The summed E-state index contributed by atoms with van der Waals surface area (Å²) in [6.07, 6.45) is 3.78. The fourth-order valence-corrected chi connectivity index (χ4v) is 1.84. The van der Waals surface area contributed by atoms with E-state index < -0.39 is 0 Å². The average Bonchev–Trinajstić information content (AvgIpc) is 2.39. The monoisotopic (exact) mass is 310 g/mol. The summed E-state index contributed by atoms with van der Waals surface area (Å²) in [6.45, 7) is 11.3. The Labute approximate surface area is 133 Å². The van der Waals surface area contributed by atoms with E-state index in [4.69, 9.17) is 11.6 Å². The molecule has 0 aliphatic rings. The number of nitrogens with zero attached hydrogens (tertiary/aromatic N) is 2. The number of aliphatic imine (C=N–C) groups is 1. The van der Waals surface area contributed by atoms with Crippen LogP contribution in [0.4, 0.5) is 0 Å². The third-order valence-corrected chi connectivity index (χ3v) is 3.19. The molecule has 21 heavy (non-hydrogen) atoms. The summed E-state index contributed by atoms with van der Waals surface area (Å²) in [5.41, 5.74) is 1.48. The van der Waals surface area contributed by atoms with Gasteiger partial charge in [-0.3, -0.25) is 4.99 Å². The molecule has 2 N–H and O–H groups in total. The summed E-state index contributed by atoms with van der Waals surface area (Å²) < 4.78 is 0. The van der Waals surface area contributed by atoms with E-state index in [1.54, 1.807) is 0 Å². The van der Waals surface area contributed by atoms with Gasteiger partial charge in [-0.2, -0.15) is 0 Å². The Morgan fingerprint density at radius 2 is 2.05 bits per heavy atom. The summed E-state index contributed by atoms with van der Waals surface area (Å²) in [5, 5.41) is 7.15. The highest BCUT2D eigenvalue weighted by Crippen LogP contribution is 2.17. The van der Waals surface area contributed by atoms with E-state index in [1.807, 2.05) is 18.3 Å². The molecule has 0 aliphatic heterocycles. The molecule has 0 aromatic carbocycles. The first-order valence-electron chi connectivity index (χ1n) is 7.53. The highest BCUT2D eigenvalue weighted by atomic mass is 35.5. The smallest absolute Gasteiger partial charge is 0.191 e. The molecule has 1 aromatic rings. The zero-order chi connectivity index (χ0) is 15.7. The van der Waals surface area contributed by atoms with Crippen molar-refractivity contribution in [1.82, 2.24) is 15.6 Å². The summed E-state index contributed by atoms with van der Waals surface area (Å²) >= 11 is 5.78. The molecule has 0 saturated carbocycles. The van der Waals surface area contributed by atoms with Crippen molar-refractivity contribution in [3.05, 3.63) is 29.0 Å². The summed E-state index contributed by atoms with van der Waals surface area (Å²) in [5.74, 6) is 0.878. The first kappa shape index (κ1) is 17.8. The van der Waals surface area contributed by atoms with E-state index in [0.29, 0.717) is 10.6 Å². The molecule has 1 aromatic heterocycles. The van der Waals surface area contributed by atoms with Crippen molar-refractivity contribution in [2.24, 2.45) is 10.4 Å². The maximum absolute atomic E-state index is 5.78. The Morgan fingerprint density at radius 3 is 2.62 bits per heavy atom. The fraction of sp³-hybridized carbons (Fsp3) is 0.625. The van der Waals surface area contributed by atoms with Crippen molar-refractivity contribution in [2.75, 3.05) is 19.6 Å². The molecular weight excluding hydrogens is 284 g/mol. The van der Waals surface area contributed by atoms with Gasteiger partial charge in [0.2, 0.25) is 0 Å². The maximum Gasteiger partial charge on any atom is 0.191 e. The second kappa shape index (κ2) is 8.88. The Hall–Kier alpha value is -1.29. The molecule has 0 bridgehead atoms. The molecular formula is C16H27ClN4. The summed E-state index contributed by atoms with van der Waals surface area (Å²) in [6, 6.07) is 3.82. The number of hydrogen-bond donors (Lipinski definition) is 2. The first-order chi connectivity index (χ1) is 9.90. The van der Waals surface area contributed by atoms with Crippen LogP contribution >= 0.6 is 11.6 Å². The van der Waals surface area contributed by atoms with Crippen LogP contribution in [-0.4, -0.2) is 30.6 Å². The summed E-state index contributed by atoms with van der Waals surface area (Å²) in [7, 11) is 0.